The van der Waals surface area contributed by atoms with Crippen LogP contribution in [0.4, 0.5) is 0 Å². The molecule has 1 heterocycles. The molecule has 3 aromatic rings. The van der Waals surface area contributed by atoms with Crippen LogP contribution in [0, 0.1) is 6.92 Å². The number of hydrogen-bond donors (Lipinski definition) is 0. The summed E-state index contributed by atoms with van der Waals surface area (Å²) in [5, 5.41) is 5.05. The number of carbonyl (C=O) groups is 1. The molecule has 0 spiro atoms. The number of benzene rings is 2. The van der Waals surface area contributed by atoms with Crippen LogP contribution in [-0.2, 0) is 0 Å². The molecule has 116 valence electrons. The van der Waals surface area contributed by atoms with Gasteiger partial charge in [0.25, 0.3) is 0 Å². The Bertz CT molecular complexity index is 860. The highest BCUT2D eigenvalue weighted by Gasteiger charge is 2.17. The second-order valence-corrected chi connectivity index (χ2v) is 5.73. The zero-order valence-electron chi connectivity index (χ0n) is 12.2. The monoisotopic (exact) mass is 346 g/mol. The van der Waals surface area contributed by atoms with E-state index in [0.717, 1.165) is 11.4 Å². The first kappa shape index (κ1) is 15.6. The van der Waals surface area contributed by atoms with Crippen LogP contribution in [-0.4, -0.2) is 15.7 Å². The molecule has 0 amide bonds. The summed E-state index contributed by atoms with van der Waals surface area (Å²) in [4.78, 5) is 12.3. The van der Waals surface area contributed by atoms with Gasteiger partial charge in [-0.25, -0.2) is 9.48 Å². The molecule has 0 bridgehead atoms. The van der Waals surface area contributed by atoms with Crippen LogP contribution < -0.4 is 4.74 Å². The number of carbonyl (C=O) groups excluding carboxylic acids is 1. The summed E-state index contributed by atoms with van der Waals surface area (Å²) in [6.07, 6.45) is 0. The number of halogens is 2. The maximum absolute atomic E-state index is 12.3. The van der Waals surface area contributed by atoms with Gasteiger partial charge in [-0.05, 0) is 37.3 Å². The van der Waals surface area contributed by atoms with Crippen molar-refractivity contribution in [2.75, 3.05) is 0 Å². The highest BCUT2D eigenvalue weighted by molar-refractivity contribution is 6.36. The maximum atomic E-state index is 12.3. The van der Waals surface area contributed by atoms with Crippen molar-refractivity contribution in [2.45, 2.75) is 6.92 Å². The molecule has 0 saturated heterocycles. The van der Waals surface area contributed by atoms with E-state index in [-0.39, 0.29) is 10.6 Å². The topological polar surface area (TPSA) is 44.1 Å². The fourth-order valence-corrected chi connectivity index (χ4v) is 2.59. The molecule has 0 unspecified atom stereocenters. The third kappa shape index (κ3) is 3.38. The second-order valence-electron chi connectivity index (χ2n) is 4.88. The van der Waals surface area contributed by atoms with Crippen molar-refractivity contribution in [2.24, 2.45) is 0 Å². The molecule has 6 heteroatoms. The lowest BCUT2D eigenvalue weighted by Gasteiger charge is -2.08. The lowest BCUT2D eigenvalue weighted by molar-refractivity contribution is 0.0723. The molecular weight excluding hydrogens is 335 g/mol. The summed E-state index contributed by atoms with van der Waals surface area (Å²) in [7, 11) is 0. The summed E-state index contributed by atoms with van der Waals surface area (Å²) in [5.74, 6) is -0.242. The Morgan fingerprint density at radius 2 is 1.83 bits per heavy atom. The summed E-state index contributed by atoms with van der Waals surface area (Å²) < 4.78 is 7.03. The molecule has 0 aliphatic carbocycles. The third-order valence-corrected chi connectivity index (χ3v) is 3.70. The van der Waals surface area contributed by atoms with E-state index in [0.29, 0.717) is 10.9 Å². The highest BCUT2D eigenvalue weighted by Crippen LogP contribution is 2.24. The van der Waals surface area contributed by atoms with Crippen LogP contribution in [0.5, 0.6) is 5.88 Å². The van der Waals surface area contributed by atoms with Crippen LogP contribution in [0.3, 0.4) is 0 Å². The molecule has 0 N–H and O–H groups in total. The fourth-order valence-electron chi connectivity index (χ4n) is 2.11. The molecule has 1 aromatic heterocycles. The van der Waals surface area contributed by atoms with E-state index < -0.39 is 5.97 Å². The normalized spacial score (nSPS) is 10.6. The predicted molar refractivity (Wildman–Crippen MR) is 89.7 cm³/mol. The predicted octanol–water partition coefficient (Wildman–Crippen LogP) is 4.71. The molecule has 0 aliphatic heterocycles. The fraction of sp³-hybridized carbons (Fsp3) is 0.0588. The highest BCUT2D eigenvalue weighted by atomic mass is 35.5. The quantitative estimate of drug-likeness (QED) is 0.645. The van der Waals surface area contributed by atoms with E-state index in [4.69, 9.17) is 27.9 Å². The van der Waals surface area contributed by atoms with E-state index in [9.17, 15) is 4.79 Å². The molecule has 3 rings (SSSR count). The van der Waals surface area contributed by atoms with Crippen molar-refractivity contribution in [3.05, 3.63) is 75.9 Å². The standard InChI is InChI=1S/C17H12Cl2N2O2/c1-11-9-16(21(20-11)13-5-3-2-4-6-13)23-17(22)14-8-7-12(18)10-15(14)19/h2-10H,1H3. The van der Waals surface area contributed by atoms with Crippen molar-refractivity contribution >= 4 is 29.2 Å². The number of para-hydroxylation sites is 1. The third-order valence-electron chi connectivity index (χ3n) is 3.15. The van der Waals surface area contributed by atoms with E-state index in [2.05, 4.69) is 5.10 Å². The summed E-state index contributed by atoms with van der Waals surface area (Å²) in [6.45, 7) is 1.83. The molecule has 0 fully saturated rings. The molecule has 0 atom stereocenters. The summed E-state index contributed by atoms with van der Waals surface area (Å²) in [6, 6.07) is 15.7. The number of rotatable bonds is 3. The van der Waals surface area contributed by atoms with Gasteiger partial charge in [0.15, 0.2) is 0 Å². The molecule has 4 nitrogen and oxygen atoms in total. The molecule has 0 saturated carbocycles. The minimum Gasteiger partial charge on any atom is -0.404 e. The number of hydrogen-bond acceptors (Lipinski definition) is 3. The van der Waals surface area contributed by atoms with Crippen LogP contribution in [0.25, 0.3) is 5.69 Å². The average molecular weight is 347 g/mol. The van der Waals surface area contributed by atoms with Gasteiger partial charge in [0.1, 0.15) is 0 Å². The molecule has 0 radical (unpaired) electrons. The number of esters is 1. The van der Waals surface area contributed by atoms with Gasteiger partial charge in [-0.15, -0.1) is 0 Å². The maximum Gasteiger partial charge on any atom is 0.346 e. The number of aromatic nitrogens is 2. The van der Waals surface area contributed by atoms with Gasteiger partial charge in [0.05, 0.1) is 22.0 Å². The molecule has 0 aliphatic rings. The first-order valence-corrected chi connectivity index (χ1v) is 7.59. The Hall–Kier alpha value is -2.30. The first-order valence-electron chi connectivity index (χ1n) is 6.84. The van der Waals surface area contributed by atoms with E-state index in [1.807, 2.05) is 37.3 Å². The lowest BCUT2D eigenvalue weighted by Crippen LogP contribution is -2.12. The molecule has 2 aromatic carbocycles. The van der Waals surface area contributed by atoms with Crippen LogP contribution >= 0.6 is 23.2 Å². The van der Waals surface area contributed by atoms with Crippen molar-refractivity contribution in [3.63, 3.8) is 0 Å². The second kappa shape index (κ2) is 6.44. The zero-order chi connectivity index (χ0) is 16.4. The van der Waals surface area contributed by atoms with Gasteiger partial charge >= 0.3 is 5.97 Å². The van der Waals surface area contributed by atoms with Crippen molar-refractivity contribution < 1.29 is 9.53 Å². The SMILES string of the molecule is Cc1cc(OC(=O)c2ccc(Cl)cc2Cl)n(-c2ccccc2)n1. The van der Waals surface area contributed by atoms with Crippen LogP contribution in [0.2, 0.25) is 10.0 Å². The number of ether oxygens (including phenoxy) is 1. The van der Waals surface area contributed by atoms with E-state index in [1.54, 1.807) is 16.8 Å². The number of nitrogens with zero attached hydrogens (tertiary/aromatic N) is 2. The van der Waals surface area contributed by atoms with Gasteiger partial charge < -0.3 is 4.74 Å². The average Bonchev–Trinajstić information content (AvgIpc) is 2.88. The zero-order valence-corrected chi connectivity index (χ0v) is 13.7. The van der Waals surface area contributed by atoms with Gasteiger partial charge in [-0.2, -0.15) is 5.10 Å². The molecular formula is C17H12Cl2N2O2. The molecule has 23 heavy (non-hydrogen) atoms. The van der Waals surface area contributed by atoms with Crippen LogP contribution in [0.15, 0.2) is 54.6 Å². The van der Waals surface area contributed by atoms with Crippen LogP contribution in [0.1, 0.15) is 16.1 Å². The Balaban J connectivity index is 1.93. The Kier molecular flexibility index (Phi) is 4.37. The van der Waals surface area contributed by atoms with E-state index >= 15 is 0 Å². The van der Waals surface area contributed by atoms with Crippen molar-refractivity contribution in [3.8, 4) is 11.6 Å². The van der Waals surface area contributed by atoms with Gasteiger partial charge in [-0.3, -0.25) is 0 Å². The largest absolute Gasteiger partial charge is 0.404 e. The van der Waals surface area contributed by atoms with Gasteiger partial charge in [-0.1, -0.05) is 41.4 Å². The van der Waals surface area contributed by atoms with Gasteiger partial charge in [0.2, 0.25) is 5.88 Å². The summed E-state index contributed by atoms with van der Waals surface area (Å²) in [5.41, 5.74) is 1.78. The van der Waals surface area contributed by atoms with Crippen molar-refractivity contribution in [1.29, 1.82) is 0 Å². The van der Waals surface area contributed by atoms with Gasteiger partial charge in [0, 0.05) is 11.1 Å². The minimum atomic E-state index is -0.566. The Morgan fingerprint density at radius 1 is 1.09 bits per heavy atom. The summed E-state index contributed by atoms with van der Waals surface area (Å²) >= 11 is 11.9. The lowest BCUT2D eigenvalue weighted by atomic mass is 10.2. The smallest absolute Gasteiger partial charge is 0.346 e. The Morgan fingerprint density at radius 3 is 2.52 bits per heavy atom. The van der Waals surface area contributed by atoms with Crippen molar-refractivity contribution in [1.82, 2.24) is 9.78 Å². The number of aryl methyl sites for hydroxylation is 1. The first-order chi connectivity index (χ1) is 11.0. The Labute approximate surface area is 143 Å². The van der Waals surface area contributed by atoms with E-state index in [1.165, 1.54) is 12.1 Å². The minimum absolute atomic E-state index is 0.241.